The molecule has 5 nitrogen and oxygen atoms in total. The van der Waals surface area contributed by atoms with Gasteiger partial charge in [0.15, 0.2) is 11.5 Å². The molecule has 118 valence electrons. The molecule has 2 aromatic rings. The van der Waals surface area contributed by atoms with Crippen LogP contribution in [0.3, 0.4) is 0 Å². The highest BCUT2D eigenvalue weighted by molar-refractivity contribution is 8.13. The first-order valence-electron chi connectivity index (χ1n) is 7.19. The fourth-order valence-corrected chi connectivity index (χ4v) is 3.14. The number of ether oxygens (including phenoxy) is 2. The Bertz CT molecular complexity index is 745. The summed E-state index contributed by atoms with van der Waals surface area (Å²) in [5.41, 5.74) is 2.85. The monoisotopic (exact) mass is 327 g/mol. The summed E-state index contributed by atoms with van der Waals surface area (Å²) in [5, 5.41) is 9.58. The van der Waals surface area contributed by atoms with Crippen LogP contribution in [0.2, 0.25) is 0 Å². The molecule has 23 heavy (non-hydrogen) atoms. The molecule has 0 atom stereocenters. The van der Waals surface area contributed by atoms with Crippen LogP contribution in [0.25, 0.3) is 0 Å². The second-order valence-corrected chi connectivity index (χ2v) is 5.92. The lowest BCUT2D eigenvalue weighted by Crippen LogP contribution is -2.05. The van der Waals surface area contributed by atoms with Gasteiger partial charge in [0.2, 0.25) is 0 Å². The minimum absolute atomic E-state index is 0.694. The van der Waals surface area contributed by atoms with Crippen molar-refractivity contribution in [3.8, 4) is 11.5 Å². The summed E-state index contributed by atoms with van der Waals surface area (Å²) < 4.78 is 10.8. The maximum Gasteiger partial charge on any atom is 0.169 e. The van der Waals surface area contributed by atoms with Gasteiger partial charge in [0, 0.05) is 23.9 Å². The second-order valence-electron chi connectivity index (χ2n) is 4.87. The molecule has 1 aromatic carbocycles. The van der Waals surface area contributed by atoms with E-state index in [1.54, 1.807) is 32.2 Å². The van der Waals surface area contributed by atoms with E-state index in [-0.39, 0.29) is 0 Å². The van der Waals surface area contributed by atoms with Crippen molar-refractivity contribution in [2.45, 2.75) is 12.2 Å². The number of nitrogens with zero attached hydrogens (tertiary/aromatic N) is 3. The van der Waals surface area contributed by atoms with Gasteiger partial charge in [0.25, 0.3) is 0 Å². The standard InChI is InChI=1S/C17H17N3O2S/c1-21-15-8-5-7-13(17(15)22-2)14-10-16(20-19-14)23-11-12-6-3-4-9-18-12/h3-9H,10-11H2,1-2H3. The maximum absolute atomic E-state index is 5.47. The Morgan fingerprint density at radius 3 is 2.70 bits per heavy atom. The molecule has 0 amide bonds. The number of thioether (sulfide) groups is 1. The molecule has 2 heterocycles. The number of hydrogen-bond acceptors (Lipinski definition) is 6. The predicted octanol–water partition coefficient (Wildman–Crippen LogP) is 3.54. The summed E-state index contributed by atoms with van der Waals surface area (Å²) in [6.45, 7) is 0. The number of hydrogen-bond donors (Lipinski definition) is 0. The Morgan fingerprint density at radius 2 is 1.96 bits per heavy atom. The van der Waals surface area contributed by atoms with E-state index in [9.17, 15) is 0 Å². The van der Waals surface area contributed by atoms with Crippen molar-refractivity contribution >= 4 is 22.5 Å². The molecule has 0 unspecified atom stereocenters. The van der Waals surface area contributed by atoms with Gasteiger partial charge in [0.05, 0.1) is 25.6 Å². The van der Waals surface area contributed by atoms with Crippen LogP contribution in [0.5, 0.6) is 11.5 Å². The molecular weight excluding hydrogens is 310 g/mol. The molecule has 3 rings (SSSR count). The first-order valence-corrected chi connectivity index (χ1v) is 8.18. The van der Waals surface area contributed by atoms with Crippen molar-refractivity contribution in [3.05, 3.63) is 53.9 Å². The third-order valence-electron chi connectivity index (χ3n) is 3.43. The molecule has 1 aliphatic rings. The largest absolute Gasteiger partial charge is 0.493 e. The molecule has 1 aliphatic heterocycles. The van der Waals surface area contributed by atoms with Gasteiger partial charge in [-0.1, -0.05) is 12.1 Å². The third-order valence-corrected chi connectivity index (χ3v) is 4.43. The molecule has 0 aliphatic carbocycles. The lowest BCUT2D eigenvalue weighted by molar-refractivity contribution is 0.354. The summed E-state index contributed by atoms with van der Waals surface area (Å²) in [5.74, 6) is 2.18. The van der Waals surface area contributed by atoms with Gasteiger partial charge in [-0.2, -0.15) is 5.10 Å². The van der Waals surface area contributed by atoms with Gasteiger partial charge in [-0.05, 0) is 24.3 Å². The smallest absolute Gasteiger partial charge is 0.169 e. The van der Waals surface area contributed by atoms with Crippen LogP contribution < -0.4 is 9.47 Å². The Morgan fingerprint density at radius 1 is 1.04 bits per heavy atom. The molecule has 0 N–H and O–H groups in total. The summed E-state index contributed by atoms with van der Waals surface area (Å²) >= 11 is 1.66. The van der Waals surface area contributed by atoms with Gasteiger partial charge in [-0.15, -0.1) is 16.9 Å². The molecule has 0 saturated carbocycles. The number of rotatable bonds is 5. The number of pyridine rings is 1. The van der Waals surface area contributed by atoms with Gasteiger partial charge in [-0.25, -0.2) is 0 Å². The first-order chi connectivity index (χ1) is 11.3. The molecule has 0 saturated heterocycles. The van der Waals surface area contributed by atoms with Crippen LogP contribution in [0.15, 0.2) is 52.8 Å². The zero-order chi connectivity index (χ0) is 16.1. The SMILES string of the molecule is COc1cccc(C2=NN=C(SCc3ccccn3)C2)c1OC. The highest BCUT2D eigenvalue weighted by Gasteiger charge is 2.20. The highest BCUT2D eigenvalue weighted by Crippen LogP contribution is 2.33. The average molecular weight is 327 g/mol. The molecule has 0 radical (unpaired) electrons. The minimum Gasteiger partial charge on any atom is -0.493 e. The lowest BCUT2D eigenvalue weighted by atomic mass is 10.1. The third kappa shape index (κ3) is 3.53. The highest BCUT2D eigenvalue weighted by atomic mass is 32.2. The molecule has 0 bridgehead atoms. The van der Waals surface area contributed by atoms with Crippen molar-refractivity contribution in [1.29, 1.82) is 0 Å². The van der Waals surface area contributed by atoms with Gasteiger partial charge in [-0.3, -0.25) is 4.98 Å². The van der Waals surface area contributed by atoms with Crippen LogP contribution in [0, 0.1) is 0 Å². The zero-order valence-corrected chi connectivity index (χ0v) is 13.8. The van der Waals surface area contributed by atoms with E-state index in [0.717, 1.165) is 27.8 Å². The van der Waals surface area contributed by atoms with Crippen LogP contribution in [-0.4, -0.2) is 30.0 Å². The van der Waals surface area contributed by atoms with E-state index >= 15 is 0 Å². The fraction of sp³-hybridized carbons (Fsp3) is 0.235. The van der Waals surface area contributed by atoms with Crippen molar-refractivity contribution < 1.29 is 9.47 Å². The lowest BCUT2D eigenvalue weighted by Gasteiger charge is -2.12. The summed E-state index contributed by atoms with van der Waals surface area (Å²) in [4.78, 5) is 4.32. The van der Waals surface area contributed by atoms with E-state index in [0.29, 0.717) is 17.9 Å². The topological polar surface area (TPSA) is 56.1 Å². The first kappa shape index (κ1) is 15.6. The van der Waals surface area contributed by atoms with E-state index in [1.807, 2.05) is 36.4 Å². The van der Waals surface area contributed by atoms with Gasteiger partial charge in [0.1, 0.15) is 5.04 Å². The van der Waals surface area contributed by atoms with Gasteiger partial charge < -0.3 is 9.47 Å². The predicted molar refractivity (Wildman–Crippen MR) is 93.7 cm³/mol. The van der Waals surface area contributed by atoms with Crippen molar-refractivity contribution in [2.75, 3.05) is 14.2 Å². The molecule has 1 aromatic heterocycles. The Hall–Kier alpha value is -2.34. The molecule has 0 spiro atoms. The quantitative estimate of drug-likeness (QED) is 0.843. The fourth-order valence-electron chi connectivity index (χ4n) is 2.31. The van der Waals surface area contributed by atoms with E-state index in [4.69, 9.17) is 9.47 Å². The molecule has 6 heteroatoms. The number of para-hydroxylation sites is 1. The number of methoxy groups -OCH3 is 2. The zero-order valence-electron chi connectivity index (χ0n) is 13.0. The Labute approximate surface area is 139 Å². The van der Waals surface area contributed by atoms with E-state index in [1.165, 1.54) is 0 Å². The van der Waals surface area contributed by atoms with Crippen LogP contribution in [0.4, 0.5) is 0 Å². The van der Waals surface area contributed by atoms with Crippen LogP contribution in [-0.2, 0) is 5.75 Å². The average Bonchev–Trinajstić information content (AvgIpc) is 3.09. The molecular formula is C17H17N3O2S. The van der Waals surface area contributed by atoms with Crippen molar-refractivity contribution in [1.82, 2.24) is 4.98 Å². The summed E-state index contributed by atoms with van der Waals surface area (Å²) in [6, 6.07) is 11.7. The molecule has 0 fully saturated rings. The van der Waals surface area contributed by atoms with Crippen LogP contribution in [0.1, 0.15) is 17.7 Å². The number of aromatic nitrogens is 1. The minimum atomic E-state index is 0.694. The van der Waals surface area contributed by atoms with Crippen LogP contribution >= 0.6 is 11.8 Å². The van der Waals surface area contributed by atoms with E-state index < -0.39 is 0 Å². The van der Waals surface area contributed by atoms with E-state index in [2.05, 4.69) is 15.2 Å². The summed E-state index contributed by atoms with van der Waals surface area (Å²) in [6.07, 6.45) is 2.50. The normalized spacial score (nSPS) is 13.5. The van der Waals surface area contributed by atoms with Crippen molar-refractivity contribution in [3.63, 3.8) is 0 Å². The Balaban J connectivity index is 1.67. The van der Waals surface area contributed by atoms with Gasteiger partial charge >= 0.3 is 0 Å². The summed E-state index contributed by atoms with van der Waals surface area (Å²) in [7, 11) is 3.26. The Kier molecular flexibility index (Phi) is 4.92. The number of benzene rings is 1. The van der Waals surface area contributed by atoms with Crippen molar-refractivity contribution in [2.24, 2.45) is 10.2 Å². The second kappa shape index (κ2) is 7.28. The maximum atomic E-state index is 5.47.